The van der Waals surface area contributed by atoms with Gasteiger partial charge in [0.1, 0.15) is 23.3 Å². The largest absolute Gasteiger partial charge is 0.488 e. The molecule has 4 rings (SSSR count). The molecule has 0 bridgehead atoms. The van der Waals surface area contributed by atoms with Gasteiger partial charge in [-0.25, -0.2) is 14.0 Å². The Morgan fingerprint density at radius 3 is 2.19 bits per heavy atom. The van der Waals surface area contributed by atoms with Crippen LogP contribution < -0.4 is 4.74 Å². The summed E-state index contributed by atoms with van der Waals surface area (Å²) in [4.78, 5) is 41.3. The van der Waals surface area contributed by atoms with Crippen LogP contribution in [0.3, 0.4) is 0 Å². The molecular weight excluding hydrogens is 481 g/mol. The van der Waals surface area contributed by atoms with E-state index in [2.05, 4.69) is 0 Å². The van der Waals surface area contributed by atoms with E-state index >= 15 is 0 Å². The molecule has 2 heterocycles. The molecule has 0 aliphatic carbocycles. The van der Waals surface area contributed by atoms with Crippen LogP contribution in [0.2, 0.25) is 0 Å². The minimum absolute atomic E-state index is 0.211. The van der Waals surface area contributed by atoms with Gasteiger partial charge in [0.25, 0.3) is 5.91 Å². The first-order valence-corrected chi connectivity index (χ1v) is 12.3. The van der Waals surface area contributed by atoms with Gasteiger partial charge in [0, 0.05) is 50.3 Å². The van der Waals surface area contributed by atoms with Crippen molar-refractivity contribution in [3.63, 3.8) is 0 Å². The van der Waals surface area contributed by atoms with Crippen LogP contribution in [0.25, 0.3) is 11.1 Å². The van der Waals surface area contributed by atoms with Crippen LogP contribution in [0.15, 0.2) is 42.5 Å². The van der Waals surface area contributed by atoms with Gasteiger partial charge in [-0.3, -0.25) is 4.79 Å². The molecule has 0 radical (unpaired) electrons. The molecule has 1 unspecified atom stereocenters. The highest BCUT2D eigenvalue weighted by atomic mass is 19.1. The predicted molar refractivity (Wildman–Crippen MR) is 134 cm³/mol. The second kappa shape index (κ2) is 10.7. The Hall–Kier alpha value is -3.82. The minimum atomic E-state index is -0.996. The zero-order valence-corrected chi connectivity index (χ0v) is 21.3. The number of nitrogens with zero attached hydrogens (tertiary/aromatic N) is 3. The molecule has 2 aliphatic rings. The zero-order chi connectivity index (χ0) is 26.7. The third-order valence-corrected chi connectivity index (χ3v) is 6.31. The summed E-state index contributed by atoms with van der Waals surface area (Å²) >= 11 is 0. The van der Waals surface area contributed by atoms with Gasteiger partial charge in [-0.1, -0.05) is 12.1 Å². The van der Waals surface area contributed by atoms with Gasteiger partial charge in [-0.15, -0.1) is 0 Å². The van der Waals surface area contributed by atoms with Gasteiger partial charge < -0.3 is 29.3 Å². The Morgan fingerprint density at radius 2 is 1.57 bits per heavy atom. The smallest absolute Gasteiger partial charge is 0.410 e. The maximum Gasteiger partial charge on any atom is 0.410 e. The second-order valence-corrected chi connectivity index (χ2v) is 10.2. The molecule has 198 valence electrons. The normalized spacial score (nSPS) is 18.1. The number of carboxylic acid groups (broad SMARTS) is 1. The lowest BCUT2D eigenvalue weighted by atomic mass is 10.0. The van der Waals surface area contributed by atoms with Gasteiger partial charge in [0.05, 0.1) is 6.54 Å². The van der Waals surface area contributed by atoms with Crippen molar-refractivity contribution in [2.75, 3.05) is 39.3 Å². The molecule has 1 N–H and O–H groups in total. The van der Waals surface area contributed by atoms with Crippen molar-refractivity contribution >= 4 is 18.1 Å². The third kappa shape index (κ3) is 6.49. The lowest BCUT2D eigenvalue weighted by Crippen LogP contribution is -2.50. The van der Waals surface area contributed by atoms with Crippen molar-refractivity contribution in [2.24, 2.45) is 0 Å². The van der Waals surface area contributed by atoms with Crippen LogP contribution in [-0.2, 0) is 4.74 Å². The number of carbonyl (C=O) groups is 3. The first kappa shape index (κ1) is 26.2. The molecule has 0 saturated carbocycles. The summed E-state index contributed by atoms with van der Waals surface area (Å²) < 4.78 is 25.4. The van der Waals surface area contributed by atoms with E-state index < -0.39 is 11.7 Å². The van der Waals surface area contributed by atoms with Crippen LogP contribution in [0.5, 0.6) is 5.75 Å². The Bertz CT molecular complexity index is 1160. The quantitative estimate of drug-likeness (QED) is 0.654. The van der Waals surface area contributed by atoms with E-state index in [9.17, 15) is 18.8 Å². The fourth-order valence-electron chi connectivity index (χ4n) is 4.40. The minimum Gasteiger partial charge on any atom is -0.488 e. The summed E-state index contributed by atoms with van der Waals surface area (Å²) in [5.74, 6) is -0.0645. The van der Waals surface area contributed by atoms with Crippen molar-refractivity contribution in [2.45, 2.75) is 38.9 Å². The van der Waals surface area contributed by atoms with Crippen LogP contribution in [0.4, 0.5) is 14.0 Å². The van der Waals surface area contributed by atoms with E-state index in [4.69, 9.17) is 14.6 Å². The average Bonchev–Trinajstić information content (AvgIpc) is 3.32. The van der Waals surface area contributed by atoms with E-state index in [1.165, 1.54) is 17.0 Å². The van der Waals surface area contributed by atoms with Crippen molar-refractivity contribution in [3.05, 3.63) is 53.8 Å². The number of likely N-dealkylation sites (tertiary alicyclic amines) is 1. The number of hydrogen-bond acceptors (Lipinski definition) is 5. The summed E-state index contributed by atoms with van der Waals surface area (Å²) in [5, 5.41) is 9.16. The molecule has 0 aromatic heterocycles. The summed E-state index contributed by atoms with van der Waals surface area (Å²) in [6.07, 6.45) is -1.03. The molecule has 37 heavy (non-hydrogen) atoms. The van der Waals surface area contributed by atoms with E-state index in [1.807, 2.05) is 20.8 Å². The molecule has 2 fully saturated rings. The van der Waals surface area contributed by atoms with Crippen molar-refractivity contribution in [1.29, 1.82) is 0 Å². The number of amides is 3. The number of ether oxygens (including phenoxy) is 2. The molecular formula is C27H32FN3O6. The molecule has 1 atom stereocenters. The van der Waals surface area contributed by atoms with Gasteiger partial charge in [-0.05, 0) is 56.7 Å². The molecule has 10 heteroatoms. The molecule has 2 saturated heterocycles. The van der Waals surface area contributed by atoms with Crippen LogP contribution in [0, 0.1) is 5.82 Å². The number of benzene rings is 2. The lowest BCUT2D eigenvalue weighted by Gasteiger charge is -2.33. The fourth-order valence-corrected chi connectivity index (χ4v) is 4.40. The van der Waals surface area contributed by atoms with Gasteiger partial charge in [-0.2, -0.15) is 0 Å². The highest BCUT2D eigenvalue weighted by Crippen LogP contribution is 2.34. The number of hydrogen-bond donors (Lipinski definition) is 1. The van der Waals surface area contributed by atoms with Crippen molar-refractivity contribution < 1.29 is 33.4 Å². The maximum atomic E-state index is 13.6. The highest BCUT2D eigenvalue weighted by Gasteiger charge is 2.32. The van der Waals surface area contributed by atoms with E-state index in [0.717, 1.165) is 0 Å². The molecule has 2 aromatic rings. The maximum absolute atomic E-state index is 13.6. The van der Waals surface area contributed by atoms with Gasteiger partial charge in [0.2, 0.25) is 0 Å². The Labute approximate surface area is 215 Å². The van der Waals surface area contributed by atoms with E-state index in [1.54, 1.807) is 40.1 Å². The SMILES string of the molecule is CC(C)(C)OC(=O)N1CCC(Oc2ccc(C(=O)N3CCN(C(=O)O)CC3)cc2-c2ccc(F)cc2)C1. The van der Waals surface area contributed by atoms with Gasteiger partial charge in [0.15, 0.2) is 0 Å². The number of rotatable bonds is 4. The van der Waals surface area contributed by atoms with E-state index in [0.29, 0.717) is 55.0 Å². The number of halogens is 1. The summed E-state index contributed by atoms with van der Waals surface area (Å²) in [7, 11) is 0. The Balaban J connectivity index is 1.53. The van der Waals surface area contributed by atoms with Crippen molar-refractivity contribution in [3.8, 4) is 16.9 Å². The van der Waals surface area contributed by atoms with Crippen LogP contribution in [0.1, 0.15) is 37.6 Å². The van der Waals surface area contributed by atoms with Crippen molar-refractivity contribution in [1.82, 2.24) is 14.7 Å². The molecule has 3 amide bonds. The average molecular weight is 514 g/mol. The first-order valence-electron chi connectivity index (χ1n) is 12.3. The lowest BCUT2D eigenvalue weighted by molar-refractivity contribution is 0.0275. The highest BCUT2D eigenvalue weighted by molar-refractivity contribution is 5.96. The zero-order valence-electron chi connectivity index (χ0n) is 21.3. The number of carbonyl (C=O) groups excluding carboxylic acids is 2. The molecule has 2 aromatic carbocycles. The standard InChI is InChI=1S/C27H32FN3O6/c1-27(2,3)37-26(35)31-11-10-21(17-31)36-23-9-6-19(16-22(23)18-4-7-20(28)8-5-18)24(32)29-12-14-30(15-13-29)25(33)34/h4-9,16,21H,10-15,17H2,1-3H3,(H,33,34). The third-order valence-electron chi connectivity index (χ3n) is 6.31. The monoisotopic (exact) mass is 513 g/mol. The fraction of sp³-hybridized carbons (Fsp3) is 0.444. The molecule has 9 nitrogen and oxygen atoms in total. The predicted octanol–water partition coefficient (Wildman–Crippen LogP) is 4.32. The Kier molecular flexibility index (Phi) is 7.56. The second-order valence-electron chi connectivity index (χ2n) is 10.2. The van der Waals surface area contributed by atoms with Crippen LogP contribution in [-0.4, -0.2) is 88.9 Å². The number of piperazine rings is 1. The van der Waals surface area contributed by atoms with E-state index in [-0.39, 0.29) is 37.0 Å². The molecule has 2 aliphatic heterocycles. The Morgan fingerprint density at radius 1 is 0.919 bits per heavy atom. The van der Waals surface area contributed by atoms with Crippen LogP contribution >= 0.6 is 0 Å². The first-order chi connectivity index (χ1) is 17.5. The summed E-state index contributed by atoms with van der Waals surface area (Å²) in [5.41, 5.74) is 1.15. The van der Waals surface area contributed by atoms with Gasteiger partial charge >= 0.3 is 12.2 Å². The summed E-state index contributed by atoms with van der Waals surface area (Å²) in [6, 6.07) is 11.1. The summed E-state index contributed by atoms with van der Waals surface area (Å²) in [6.45, 7) is 7.44. The topological polar surface area (TPSA) is 99.6 Å². The molecule has 0 spiro atoms.